The lowest BCUT2D eigenvalue weighted by atomic mass is 10.1. The number of halogens is 3. The molecule has 11 nitrogen and oxygen atoms in total. The minimum Gasteiger partial charge on any atom is -0.491 e. The van der Waals surface area contributed by atoms with Crippen molar-refractivity contribution in [3.8, 4) is 5.75 Å². The third kappa shape index (κ3) is 5.89. The molecule has 1 unspecified atom stereocenters. The Morgan fingerprint density at radius 3 is 2.73 bits per heavy atom. The highest BCUT2D eigenvalue weighted by Crippen LogP contribution is 2.41. The number of rotatable bonds is 7. The fraction of sp³-hybridized carbons (Fsp3) is 0.556. The maximum Gasteiger partial charge on any atom is 0.408 e. The number of carbonyl (C=O) groups is 2. The van der Waals surface area contributed by atoms with E-state index in [2.05, 4.69) is 20.6 Å². The van der Waals surface area contributed by atoms with Gasteiger partial charge in [0.05, 0.1) is 18.3 Å². The van der Waals surface area contributed by atoms with Gasteiger partial charge in [-0.05, 0) is 57.2 Å². The molecule has 41 heavy (non-hydrogen) atoms. The van der Waals surface area contributed by atoms with Gasteiger partial charge in [0.25, 0.3) is 5.91 Å². The number of fused-ring (bicyclic) bond motifs is 4. The van der Waals surface area contributed by atoms with Crippen molar-refractivity contribution in [3.05, 3.63) is 36.2 Å². The Kier molecular flexibility index (Phi) is 6.92. The van der Waals surface area contributed by atoms with E-state index in [-0.39, 0.29) is 36.1 Å². The fourth-order valence-corrected chi connectivity index (χ4v) is 5.48. The molecule has 4 aliphatic rings. The van der Waals surface area contributed by atoms with E-state index >= 15 is 0 Å². The summed E-state index contributed by atoms with van der Waals surface area (Å²) in [6, 6.07) is 3.58. The molecule has 0 spiro atoms. The Labute approximate surface area is 234 Å². The number of ether oxygens (including phenoxy) is 3. The van der Waals surface area contributed by atoms with E-state index in [1.165, 1.54) is 17.2 Å². The van der Waals surface area contributed by atoms with Gasteiger partial charge in [-0.25, -0.2) is 14.8 Å². The lowest BCUT2D eigenvalue weighted by Crippen LogP contribution is -2.49. The zero-order chi connectivity index (χ0) is 28.9. The molecule has 14 heteroatoms. The predicted molar refractivity (Wildman–Crippen MR) is 141 cm³/mol. The van der Waals surface area contributed by atoms with Gasteiger partial charge in [-0.2, -0.15) is 13.2 Å². The summed E-state index contributed by atoms with van der Waals surface area (Å²) in [5, 5.41) is 4.88. The van der Waals surface area contributed by atoms with Crippen LogP contribution in [0.1, 0.15) is 43.6 Å². The number of carbonyl (C=O) groups excluding carboxylic acids is 2. The lowest BCUT2D eigenvalue weighted by molar-refractivity contribution is -0.158. The van der Waals surface area contributed by atoms with E-state index in [1.807, 2.05) is 18.7 Å². The van der Waals surface area contributed by atoms with E-state index in [9.17, 15) is 22.8 Å². The van der Waals surface area contributed by atoms with E-state index < -0.39 is 35.9 Å². The van der Waals surface area contributed by atoms with Crippen LogP contribution >= 0.6 is 0 Å². The highest BCUT2D eigenvalue weighted by atomic mass is 19.4. The smallest absolute Gasteiger partial charge is 0.408 e. The van der Waals surface area contributed by atoms with Crippen LogP contribution in [0.2, 0.25) is 0 Å². The molecule has 2 bridgehead atoms. The van der Waals surface area contributed by atoms with E-state index in [0.29, 0.717) is 50.4 Å². The van der Waals surface area contributed by atoms with E-state index in [0.717, 1.165) is 0 Å². The second kappa shape index (κ2) is 10.3. The topological polar surface area (TPSA) is 118 Å². The summed E-state index contributed by atoms with van der Waals surface area (Å²) in [6.07, 6.45) is -1.80. The number of aromatic nitrogens is 2. The number of anilines is 3. The van der Waals surface area contributed by atoms with Gasteiger partial charge in [0.15, 0.2) is 11.6 Å². The van der Waals surface area contributed by atoms with Gasteiger partial charge in [0.1, 0.15) is 36.0 Å². The van der Waals surface area contributed by atoms with E-state index in [4.69, 9.17) is 14.2 Å². The Bertz CT molecular complexity index is 1340. The number of nitrogens with zero attached hydrogens (tertiary/aromatic N) is 4. The zero-order valence-corrected chi connectivity index (χ0v) is 22.6. The molecular formula is C27H31F3N6O5. The largest absolute Gasteiger partial charge is 0.491 e. The minimum atomic E-state index is -4.55. The van der Waals surface area contributed by atoms with Crippen molar-refractivity contribution < 1.29 is 37.0 Å². The van der Waals surface area contributed by atoms with Gasteiger partial charge in [0, 0.05) is 25.4 Å². The molecule has 6 rings (SSSR count). The molecule has 1 aliphatic carbocycles. The number of alkyl halides is 3. The first kappa shape index (κ1) is 27.5. The third-order valence-electron chi connectivity index (χ3n) is 7.61. The quantitative estimate of drug-likeness (QED) is 0.513. The van der Waals surface area contributed by atoms with Crippen LogP contribution in [0.25, 0.3) is 0 Å². The molecule has 2 aromatic heterocycles. The summed E-state index contributed by atoms with van der Waals surface area (Å²) in [7, 11) is 0. The molecule has 3 aliphatic heterocycles. The average molecular weight is 577 g/mol. The van der Waals surface area contributed by atoms with Crippen molar-refractivity contribution in [1.82, 2.24) is 15.3 Å². The van der Waals surface area contributed by atoms with Crippen molar-refractivity contribution in [1.29, 1.82) is 0 Å². The number of nitrogens with one attached hydrogen (secondary N) is 2. The summed E-state index contributed by atoms with van der Waals surface area (Å²) in [6.45, 7) is 5.56. The van der Waals surface area contributed by atoms with Gasteiger partial charge in [-0.15, -0.1) is 0 Å². The SMILES string of the molecule is CC1(C)OCC(COc2ccnc(NC(=O)N3c4nc(C(=O)N[C@H](C5CC5)C(F)(F)F)ccc4N4CC[C@H]3C4)c2)O1. The van der Waals surface area contributed by atoms with Crippen LogP contribution in [-0.4, -0.2) is 78.4 Å². The Hall–Kier alpha value is -3.65. The van der Waals surface area contributed by atoms with Gasteiger partial charge in [-0.1, -0.05) is 0 Å². The molecule has 3 amide bonds. The highest BCUT2D eigenvalue weighted by Gasteiger charge is 2.50. The van der Waals surface area contributed by atoms with Gasteiger partial charge >= 0.3 is 12.2 Å². The number of pyridine rings is 2. The summed E-state index contributed by atoms with van der Waals surface area (Å²) in [5.41, 5.74) is 0.445. The standard InChI is InChI=1S/C27H31F3N6O5/c1-26(2)40-14-18(41-26)13-39-17-7-9-31-21(11-17)33-25(38)36-16-8-10-35(12-16)20-6-5-19(32-23(20)36)24(37)34-22(15-3-4-15)27(28,29)30/h5-7,9,11,15-16,18,22H,3-4,8,10,12-14H2,1-2H3,(H,34,37)(H,31,33,38)/t16-,18?,22+/m0/s1. The molecule has 2 saturated heterocycles. The van der Waals surface area contributed by atoms with Crippen LogP contribution in [0, 0.1) is 5.92 Å². The van der Waals surface area contributed by atoms with Crippen molar-refractivity contribution in [2.75, 3.05) is 41.4 Å². The van der Waals surface area contributed by atoms with Crippen LogP contribution in [0.3, 0.4) is 0 Å². The molecule has 0 radical (unpaired) electrons. The Morgan fingerprint density at radius 1 is 1.22 bits per heavy atom. The molecule has 2 aromatic rings. The Morgan fingerprint density at radius 2 is 2.02 bits per heavy atom. The second-order valence-electron chi connectivity index (χ2n) is 11.2. The maximum absolute atomic E-state index is 13.5. The zero-order valence-electron chi connectivity index (χ0n) is 22.6. The monoisotopic (exact) mass is 576 g/mol. The van der Waals surface area contributed by atoms with Crippen LogP contribution in [0.5, 0.6) is 5.75 Å². The first-order valence-corrected chi connectivity index (χ1v) is 13.6. The summed E-state index contributed by atoms with van der Waals surface area (Å²) < 4.78 is 57.6. The van der Waals surface area contributed by atoms with Crippen molar-refractivity contribution in [3.63, 3.8) is 0 Å². The van der Waals surface area contributed by atoms with Crippen LogP contribution < -0.4 is 25.2 Å². The number of urea groups is 1. The minimum absolute atomic E-state index is 0.186. The van der Waals surface area contributed by atoms with Crippen LogP contribution in [0.4, 0.5) is 35.3 Å². The van der Waals surface area contributed by atoms with Gasteiger partial charge < -0.3 is 24.4 Å². The predicted octanol–water partition coefficient (Wildman–Crippen LogP) is 3.71. The molecule has 2 N–H and O–H groups in total. The molecule has 5 heterocycles. The third-order valence-corrected chi connectivity index (χ3v) is 7.61. The van der Waals surface area contributed by atoms with Gasteiger partial charge in [0.2, 0.25) is 0 Å². The Balaban J connectivity index is 1.17. The number of hydrogen-bond donors (Lipinski definition) is 2. The van der Waals surface area contributed by atoms with Crippen molar-refractivity contribution >= 4 is 29.3 Å². The number of hydrogen-bond acceptors (Lipinski definition) is 8. The summed E-state index contributed by atoms with van der Waals surface area (Å²) in [5.74, 6) is -1.29. The van der Waals surface area contributed by atoms with Crippen molar-refractivity contribution in [2.45, 2.75) is 63.3 Å². The van der Waals surface area contributed by atoms with Crippen molar-refractivity contribution in [2.24, 2.45) is 5.92 Å². The molecule has 220 valence electrons. The molecule has 1 saturated carbocycles. The summed E-state index contributed by atoms with van der Waals surface area (Å²) in [4.78, 5) is 38.5. The molecule has 3 atom stereocenters. The lowest BCUT2D eigenvalue weighted by Gasteiger charge is -2.35. The molecule has 3 fully saturated rings. The number of amides is 3. The summed E-state index contributed by atoms with van der Waals surface area (Å²) >= 11 is 0. The first-order valence-electron chi connectivity index (χ1n) is 13.6. The van der Waals surface area contributed by atoms with Crippen LogP contribution in [-0.2, 0) is 9.47 Å². The van der Waals surface area contributed by atoms with Crippen LogP contribution in [0.15, 0.2) is 30.5 Å². The highest BCUT2D eigenvalue weighted by molar-refractivity contribution is 6.05. The maximum atomic E-state index is 13.5. The van der Waals surface area contributed by atoms with Gasteiger partial charge in [-0.3, -0.25) is 15.0 Å². The molecular weight excluding hydrogens is 545 g/mol. The normalized spacial score (nSPS) is 23.6. The molecule has 0 aromatic carbocycles. The second-order valence-corrected chi connectivity index (χ2v) is 11.2. The average Bonchev–Trinajstić information content (AvgIpc) is 3.57. The van der Waals surface area contributed by atoms with E-state index in [1.54, 1.807) is 18.2 Å². The first-order chi connectivity index (χ1) is 19.5. The fourth-order valence-electron chi connectivity index (χ4n) is 5.48.